The minimum Gasteiger partial charge on any atom is -0.302 e. The number of fused-ring (bicyclic) bond motifs is 3. The molecule has 8 heteroatoms. The number of amides is 1. The van der Waals surface area contributed by atoms with Gasteiger partial charge in [0.15, 0.2) is 0 Å². The van der Waals surface area contributed by atoms with Crippen LogP contribution in [0.2, 0.25) is 5.02 Å². The molecule has 0 atom stereocenters. The molecule has 1 aliphatic rings. The van der Waals surface area contributed by atoms with E-state index in [4.69, 9.17) is 11.6 Å². The van der Waals surface area contributed by atoms with Crippen molar-refractivity contribution in [3.63, 3.8) is 0 Å². The smallest absolute Gasteiger partial charge is 0.302 e. The number of aryl methyl sites for hydroxylation is 2. The van der Waals surface area contributed by atoms with Gasteiger partial charge in [-0.1, -0.05) is 29.8 Å². The summed E-state index contributed by atoms with van der Waals surface area (Å²) in [5.74, 6) is -0.615. The zero-order valence-electron chi connectivity index (χ0n) is 13.7. The summed E-state index contributed by atoms with van der Waals surface area (Å²) < 4.78 is 0. The molecule has 1 amide bonds. The molecular weight excluding hydrogens is 372 g/mol. The van der Waals surface area contributed by atoms with E-state index in [0.29, 0.717) is 20.8 Å². The lowest BCUT2D eigenvalue weighted by Crippen LogP contribution is -2.24. The standard InChI is InChI=1S/C18H15ClN4O2S/c19-12-7-3-1-5-10(12)9-20-23-17(25)15-21-16(24)14-11-6-2-4-8-13(11)26-18(14)22-15/h1,3,5,7,9H,2,4,6,8H2,(H,23,25)(H,21,22,24)/b20-9+. The Labute approximate surface area is 157 Å². The van der Waals surface area contributed by atoms with E-state index in [1.807, 2.05) is 12.1 Å². The first-order valence-corrected chi connectivity index (χ1v) is 9.45. The first kappa shape index (κ1) is 16.9. The van der Waals surface area contributed by atoms with Gasteiger partial charge in [-0.15, -0.1) is 11.3 Å². The quantitative estimate of drug-likeness (QED) is 0.535. The number of H-pyrrole nitrogens is 1. The number of nitrogens with one attached hydrogen (secondary N) is 2. The molecular formula is C18H15ClN4O2S. The van der Waals surface area contributed by atoms with Crippen LogP contribution in [0.25, 0.3) is 10.2 Å². The summed E-state index contributed by atoms with van der Waals surface area (Å²) >= 11 is 7.53. The number of hydrogen-bond donors (Lipinski definition) is 2. The van der Waals surface area contributed by atoms with Crippen LogP contribution in [0, 0.1) is 0 Å². The van der Waals surface area contributed by atoms with Crippen molar-refractivity contribution in [3.8, 4) is 0 Å². The van der Waals surface area contributed by atoms with Gasteiger partial charge in [-0.05, 0) is 37.3 Å². The second-order valence-electron chi connectivity index (χ2n) is 6.03. The molecule has 6 nitrogen and oxygen atoms in total. The first-order chi connectivity index (χ1) is 12.6. The molecule has 0 aliphatic heterocycles. The van der Waals surface area contributed by atoms with Crippen LogP contribution in [0.1, 0.15) is 39.5 Å². The van der Waals surface area contributed by atoms with Crippen molar-refractivity contribution in [1.29, 1.82) is 0 Å². The minimum absolute atomic E-state index is 0.0441. The Balaban J connectivity index is 1.59. The highest BCUT2D eigenvalue weighted by Gasteiger charge is 2.21. The first-order valence-electron chi connectivity index (χ1n) is 8.26. The molecule has 1 aliphatic carbocycles. The minimum atomic E-state index is -0.571. The number of nitrogens with zero attached hydrogens (tertiary/aromatic N) is 2. The maximum absolute atomic E-state index is 12.5. The molecule has 0 spiro atoms. The second kappa shape index (κ2) is 7.01. The SMILES string of the molecule is O=C(N/N=C/c1ccccc1Cl)c1nc2sc3c(c2c(=O)[nH]1)CCCC3. The van der Waals surface area contributed by atoms with Crippen molar-refractivity contribution in [2.45, 2.75) is 25.7 Å². The Morgan fingerprint density at radius 3 is 2.96 bits per heavy atom. The van der Waals surface area contributed by atoms with Gasteiger partial charge in [0.2, 0.25) is 5.82 Å². The third kappa shape index (κ3) is 3.15. The van der Waals surface area contributed by atoms with Gasteiger partial charge in [-0.25, -0.2) is 10.4 Å². The number of aromatic nitrogens is 2. The highest BCUT2D eigenvalue weighted by molar-refractivity contribution is 7.18. The summed E-state index contributed by atoms with van der Waals surface area (Å²) in [7, 11) is 0. The highest BCUT2D eigenvalue weighted by Crippen LogP contribution is 2.33. The molecule has 0 saturated heterocycles. The largest absolute Gasteiger partial charge is 0.307 e. The van der Waals surface area contributed by atoms with Gasteiger partial charge >= 0.3 is 5.91 Å². The van der Waals surface area contributed by atoms with Crippen molar-refractivity contribution in [2.75, 3.05) is 0 Å². The van der Waals surface area contributed by atoms with Crippen molar-refractivity contribution < 1.29 is 4.79 Å². The lowest BCUT2D eigenvalue weighted by molar-refractivity contribution is 0.0945. The van der Waals surface area contributed by atoms with E-state index in [0.717, 1.165) is 31.2 Å². The van der Waals surface area contributed by atoms with Crippen LogP contribution in [0.5, 0.6) is 0 Å². The maximum atomic E-state index is 12.5. The summed E-state index contributed by atoms with van der Waals surface area (Å²) in [6.07, 6.45) is 5.52. The van der Waals surface area contributed by atoms with Crippen LogP contribution < -0.4 is 11.0 Å². The van der Waals surface area contributed by atoms with E-state index >= 15 is 0 Å². The zero-order valence-corrected chi connectivity index (χ0v) is 15.3. The monoisotopic (exact) mass is 386 g/mol. The number of rotatable bonds is 3. The van der Waals surface area contributed by atoms with Crippen LogP contribution in [0.3, 0.4) is 0 Å². The summed E-state index contributed by atoms with van der Waals surface area (Å²) in [6, 6.07) is 7.14. The number of halogens is 1. The Morgan fingerprint density at radius 2 is 2.12 bits per heavy atom. The van der Waals surface area contributed by atoms with Gasteiger partial charge in [-0.3, -0.25) is 9.59 Å². The lowest BCUT2D eigenvalue weighted by atomic mass is 9.97. The molecule has 0 unspecified atom stereocenters. The Hall–Kier alpha value is -2.51. The van der Waals surface area contributed by atoms with E-state index in [1.165, 1.54) is 22.4 Å². The number of carbonyl (C=O) groups is 1. The number of hydrogen-bond acceptors (Lipinski definition) is 5. The number of benzene rings is 1. The molecule has 26 heavy (non-hydrogen) atoms. The number of carbonyl (C=O) groups excluding carboxylic acids is 1. The predicted molar refractivity (Wildman–Crippen MR) is 103 cm³/mol. The molecule has 132 valence electrons. The molecule has 0 radical (unpaired) electrons. The van der Waals surface area contributed by atoms with Gasteiger partial charge < -0.3 is 4.98 Å². The maximum Gasteiger partial charge on any atom is 0.307 e. The molecule has 0 bridgehead atoms. The van der Waals surface area contributed by atoms with Gasteiger partial charge in [0.05, 0.1) is 11.6 Å². The van der Waals surface area contributed by atoms with Crippen LogP contribution in [0.4, 0.5) is 0 Å². The predicted octanol–water partition coefficient (Wildman–Crippen LogP) is 3.28. The fourth-order valence-electron chi connectivity index (χ4n) is 3.06. The van der Waals surface area contributed by atoms with Gasteiger partial charge in [0, 0.05) is 15.5 Å². The number of hydrazone groups is 1. The van der Waals surface area contributed by atoms with Crippen molar-refractivity contribution in [2.24, 2.45) is 5.10 Å². The van der Waals surface area contributed by atoms with Gasteiger partial charge in [0.1, 0.15) is 4.83 Å². The van der Waals surface area contributed by atoms with E-state index in [1.54, 1.807) is 12.1 Å². The van der Waals surface area contributed by atoms with Crippen LogP contribution in [-0.4, -0.2) is 22.1 Å². The van der Waals surface area contributed by atoms with E-state index in [2.05, 4.69) is 20.5 Å². The fraction of sp³-hybridized carbons (Fsp3) is 0.222. The third-order valence-electron chi connectivity index (χ3n) is 4.32. The van der Waals surface area contributed by atoms with Gasteiger partial charge in [-0.2, -0.15) is 5.10 Å². The summed E-state index contributed by atoms with van der Waals surface area (Å²) in [5, 5.41) is 5.04. The van der Waals surface area contributed by atoms with E-state index in [9.17, 15) is 9.59 Å². The summed E-state index contributed by atoms with van der Waals surface area (Å²) in [6.45, 7) is 0. The zero-order chi connectivity index (χ0) is 18.1. The molecule has 0 fully saturated rings. The van der Waals surface area contributed by atoms with E-state index in [-0.39, 0.29) is 11.4 Å². The average molecular weight is 387 g/mol. The highest BCUT2D eigenvalue weighted by atomic mass is 35.5. The lowest BCUT2D eigenvalue weighted by Gasteiger charge is -2.09. The molecule has 4 rings (SSSR count). The molecule has 0 saturated carbocycles. The summed E-state index contributed by atoms with van der Waals surface area (Å²) in [5.41, 5.74) is 3.87. The Morgan fingerprint density at radius 1 is 1.31 bits per heavy atom. The third-order valence-corrected chi connectivity index (χ3v) is 5.84. The van der Waals surface area contributed by atoms with Gasteiger partial charge in [0.25, 0.3) is 5.56 Å². The normalized spacial score (nSPS) is 13.9. The van der Waals surface area contributed by atoms with Crippen LogP contribution in [-0.2, 0) is 12.8 Å². The molecule has 2 heterocycles. The number of aromatic amines is 1. The Kier molecular flexibility index (Phi) is 4.57. The van der Waals surface area contributed by atoms with E-state index < -0.39 is 5.91 Å². The number of thiophene rings is 1. The topological polar surface area (TPSA) is 87.2 Å². The fourth-order valence-corrected chi connectivity index (χ4v) is 4.51. The molecule has 3 aromatic rings. The second-order valence-corrected chi connectivity index (χ2v) is 7.52. The molecule has 2 N–H and O–H groups in total. The van der Waals surface area contributed by atoms with Crippen molar-refractivity contribution in [1.82, 2.24) is 15.4 Å². The molecule has 1 aromatic carbocycles. The van der Waals surface area contributed by atoms with Crippen molar-refractivity contribution in [3.05, 3.63) is 61.5 Å². The Bertz CT molecular complexity index is 1090. The van der Waals surface area contributed by atoms with Crippen LogP contribution in [0.15, 0.2) is 34.2 Å². The average Bonchev–Trinajstić information content (AvgIpc) is 3.02. The van der Waals surface area contributed by atoms with Crippen molar-refractivity contribution >= 4 is 45.3 Å². The molecule has 2 aromatic heterocycles. The summed E-state index contributed by atoms with van der Waals surface area (Å²) in [4.78, 5) is 33.5. The van der Waals surface area contributed by atoms with Crippen LogP contribution >= 0.6 is 22.9 Å².